The first-order chi connectivity index (χ1) is 8.80. The van der Waals surface area contributed by atoms with Crippen LogP contribution in [0.1, 0.15) is 32.2 Å². The SMILES string of the molecule is Cc1c(-c2ccncc2F)[nH]c(C(C)(C)C)nc1=S. The maximum atomic E-state index is 13.9. The van der Waals surface area contributed by atoms with Gasteiger partial charge in [-0.25, -0.2) is 9.37 Å². The van der Waals surface area contributed by atoms with Gasteiger partial charge in [0.1, 0.15) is 10.5 Å². The number of hydrogen-bond donors (Lipinski definition) is 1. The molecule has 5 heteroatoms. The summed E-state index contributed by atoms with van der Waals surface area (Å²) < 4.78 is 14.4. The predicted molar refractivity (Wildman–Crippen MR) is 76.0 cm³/mol. The van der Waals surface area contributed by atoms with Crippen LogP contribution >= 0.6 is 12.2 Å². The maximum Gasteiger partial charge on any atom is 0.150 e. The lowest BCUT2D eigenvalue weighted by molar-refractivity contribution is 0.543. The summed E-state index contributed by atoms with van der Waals surface area (Å²) in [5.41, 5.74) is 1.73. The van der Waals surface area contributed by atoms with Gasteiger partial charge in [0.15, 0.2) is 5.82 Å². The molecular formula is C14H16FN3S. The highest BCUT2D eigenvalue weighted by Gasteiger charge is 2.19. The molecule has 0 saturated carbocycles. The molecule has 0 atom stereocenters. The molecule has 0 aliphatic carbocycles. The minimum Gasteiger partial charge on any atom is -0.342 e. The van der Waals surface area contributed by atoms with E-state index in [4.69, 9.17) is 12.2 Å². The molecule has 0 spiro atoms. The number of nitrogens with one attached hydrogen (secondary N) is 1. The Balaban J connectivity index is 2.74. The minimum absolute atomic E-state index is 0.181. The summed E-state index contributed by atoms with van der Waals surface area (Å²) in [5.74, 6) is 0.372. The van der Waals surface area contributed by atoms with Crippen molar-refractivity contribution in [1.29, 1.82) is 0 Å². The predicted octanol–water partition coefficient (Wildman–Crippen LogP) is 3.95. The van der Waals surface area contributed by atoms with E-state index in [0.29, 0.717) is 15.9 Å². The number of rotatable bonds is 1. The van der Waals surface area contributed by atoms with E-state index in [-0.39, 0.29) is 11.2 Å². The van der Waals surface area contributed by atoms with Crippen LogP contribution in [-0.4, -0.2) is 15.0 Å². The van der Waals surface area contributed by atoms with E-state index in [9.17, 15) is 4.39 Å². The van der Waals surface area contributed by atoms with E-state index in [0.717, 1.165) is 11.4 Å². The molecule has 0 bridgehead atoms. The summed E-state index contributed by atoms with van der Waals surface area (Å²) in [7, 11) is 0. The van der Waals surface area contributed by atoms with Gasteiger partial charge in [-0.3, -0.25) is 4.98 Å². The van der Waals surface area contributed by atoms with Crippen LogP contribution in [0, 0.1) is 17.4 Å². The molecule has 0 aromatic carbocycles. The Hall–Kier alpha value is -1.62. The van der Waals surface area contributed by atoms with Crippen LogP contribution in [0.25, 0.3) is 11.3 Å². The van der Waals surface area contributed by atoms with Crippen molar-refractivity contribution >= 4 is 12.2 Å². The van der Waals surface area contributed by atoms with E-state index in [1.807, 2.05) is 27.7 Å². The molecule has 0 fully saturated rings. The van der Waals surface area contributed by atoms with Crippen LogP contribution < -0.4 is 0 Å². The van der Waals surface area contributed by atoms with Gasteiger partial charge < -0.3 is 4.98 Å². The second-order valence-electron chi connectivity index (χ2n) is 5.50. The zero-order valence-corrected chi connectivity index (χ0v) is 12.2. The third-order valence-electron chi connectivity index (χ3n) is 2.90. The Kier molecular flexibility index (Phi) is 3.49. The molecule has 19 heavy (non-hydrogen) atoms. The summed E-state index contributed by atoms with van der Waals surface area (Å²) in [5, 5.41) is 0. The van der Waals surface area contributed by atoms with Crippen LogP contribution in [0.5, 0.6) is 0 Å². The van der Waals surface area contributed by atoms with E-state index < -0.39 is 0 Å². The van der Waals surface area contributed by atoms with Gasteiger partial charge in [0.25, 0.3) is 0 Å². The molecule has 0 aliphatic heterocycles. The third kappa shape index (κ3) is 2.71. The third-order valence-corrected chi connectivity index (χ3v) is 3.30. The molecule has 2 rings (SSSR count). The number of nitrogens with zero attached hydrogens (tertiary/aromatic N) is 2. The molecule has 2 aromatic heterocycles. The van der Waals surface area contributed by atoms with Gasteiger partial charge in [-0.1, -0.05) is 33.0 Å². The van der Waals surface area contributed by atoms with Crippen molar-refractivity contribution in [2.75, 3.05) is 0 Å². The molecule has 0 saturated heterocycles. The van der Waals surface area contributed by atoms with Gasteiger partial charge in [0.05, 0.1) is 11.9 Å². The first-order valence-corrected chi connectivity index (χ1v) is 6.43. The van der Waals surface area contributed by atoms with Crippen LogP contribution in [0.4, 0.5) is 4.39 Å². The summed E-state index contributed by atoms with van der Waals surface area (Å²) >= 11 is 5.27. The fourth-order valence-electron chi connectivity index (χ4n) is 1.73. The molecule has 0 unspecified atom stereocenters. The van der Waals surface area contributed by atoms with Crippen LogP contribution in [0.15, 0.2) is 18.5 Å². The number of H-pyrrole nitrogens is 1. The summed E-state index contributed by atoms with van der Waals surface area (Å²) in [6.45, 7) is 7.93. The van der Waals surface area contributed by atoms with E-state index in [2.05, 4.69) is 15.0 Å². The second kappa shape index (κ2) is 4.81. The topological polar surface area (TPSA) is 41.6 Å². The number of halogens is 1. The van der Waals surface area contributed by atoms with E-state index in [1.165, 1.54) is 6.20 Å². The lowest BCUT2D eigenvalue weighted by Gasteiger charge is -2.19. The van der Waals surface area contributed by atoms with Crippen molar-refractivity contribution in [1.82, 2.24) is 15.0 Å². The standard InChI is InChI=1S/C14H16FN3S/c1-8-11(9-5-6-16-7-10(9)15)17-13(14(2,3)4)18-12(8)19/h5-7H,1-4H3,(H,17,18,19). The summed E-state index contributed by atoms with van der Waals surface area (Å²) in [4.78, 5) is 11.3. The molecule has 2 heterocycles. The number of aromatic amines is 1. The fraction of sp³-hybridized carbons (Fsp3) is 0.357. The molecule has 2 aromatic rings. The van der Waals surface area contributed by atoms with Crippen molar-refractivity contribution in [3.63, 3.8) is 0 Å². The first-order valence-electron chi connectivity index (χ1n) is 6.02. The van der Waals surface area contributed by atoms with Gasteiger partial charge in [-0.2, -0.15) is 0 Å². The Morgan fingerprint density at radius 2 is 2.00 bits per heavy atom. The lowest BCUT2D eigenvalue weighted by Crippen LogP contribution is -2.17. The van der Waals surface area contributed by atoms with Crippen molar-refractivity contribution in [3.8, 4) is 11.3 Å². The Labute approximate surface area is 116 Å². The van der Waals surface area contributed by atoms with Crippen molar-refractivity contribution < 1.29 is 4.39 Å². The van der Waals surface area contributed by atoms with E-state index >= 15 is 0 Å². The number of aromatic nitrogens is 3. The summed E-state index contributed by atoms with van der Waals surface area (Å²) in [6.07, 6.45) is 2.76. The van der Waals surface area contributed by atoms with Gasteiger partial charge in [-0.05, 0) is 13.0 Å². The molecule has 100 valence electrons. The molecule has 1 N–H and O–H groups in total. The average molecular weight is 277 g/mol. The van der Waals surface area contributed by atoms with Crippen molar-refractivity contribution in [2.24, 2.45) is 0 Å². The monoisotopic (exact) mass is 277 g/mol. The maximum absolute atomic E-state index is 13.9. The Morgan fingerprint density at radius 3 is 2.58 bits per heavy atom. The number of hydrogen-bond acceptors (Lipinski definition) is 3. The van der Waals surface area contributed by atoms with Gasteiger partial charge >= 0.3 is 0 Å². The van der Waals surface area contributed by atoms with Gasteiger partial charge in [0, 0.05) is 22.7 Å². The highest BCUT2D eigenvalue weighted by molar-refractivity contribution is 7.71. The van der Waals surface area contributed by atoms with Crippen LogP contribution in [0.3, 0.4) is 0 Å². The van der Waals surface area contributed by atoms with Gasteiger partial charge in [-0.15, -0.1) is 0 Å². The smallest absolute Gasteiger partial charge is 0.150 e. The molecular weight excluding hydrogens is 261 g/mol. The second-order valence-corrected chi connectivity index (χ2v) is 5.88. The highest BCUT2D eigenvalue weighted by Crippen LogP contribution is 2.27. The van der Waals surface area contributed by atoms with Crippen LogP contribution in [0.2, 0.25) is 0 Å². The highest BCUT2D eigenvalue weighted by atomic mass is 32.1. The first kappa shape index (κ1) is 13.8. The van der Waals surface area contributed by atoms with E-state index in [1.54, 1.807) is 12.3 Å². The Bertz CT molecular complexity index is 671. The Morgan fingerprint density at radius 1 is 1.32 bits per heavy atom. The molecule has 0 amide bonds. The molecule has 0 aliphatic rings. The normalized spacial score (nSPS) is 11.6. The lowest BCUT2D eigenvalue weighted by atomic mass is 9.95. The fourth-order valence-corrected chi connectivity index (χ4v) is 1.93. The molecule has 0 radical (unpaired) electrons. The zero-order chi connectivity index (χ0) is 14.2. The summed E-state index contributed by atoms with van der Waals surface area (Å²) in [6, 6.07) is 1.63. The number of pyridine rings is 1. The average Bonchev–Trinajstić information content (AvgIpc) is 2.32. The molecule has 3 nitrogen and oxygen atoms in total. The van der Waals surface area contributed by atoms with Gasteiger partial charge in [0.2, 0.25) is 0 Å². The van der Waals surface area contributed by atoms with Crippen molar-refractivity contribution in [3.05, 3.63) is 40.3 Å². The quantitative estimate of drug-likeness (QED) is 0.803. The van der Waals surface area contributed by atoms with Crippen LogP contribution in [-0.2, 0) is 5.41 Å². The van der Waals surface area contributed by atoms with Crippen molar-refractivity contribution in [2.45, 2.75) is 33.1 Å². The minimum atomic E-state index is -0.373. The zero-order valence-electron chi connectivity index (χ0n) is 11.4. The largest absolute Gasteiger partial charge is 0.342 e.